The first-order valence-electron chi connectivity index (χ1n) is 6.00. The molecule has 1 amide bonds. The molecule has 1 heterocycles. The SMILES string of the molecule is CN(Cc1ccc(OC(F)F)cc1)C(=O)c1ccc(Br)s1. The number of hydrogen-bond donors (Lipinski definition) is 0. The molecule has 2 rings (SSSR count). The average Bonchev–Trinajstić information content (AvgIpc) is 2.86. The number of thiophene rings is 1. The molecule has 1 aromatic heterocycles. The van der Waals surface area contributed by atoms with Gasteiger partial charge in [-0.2, -0.15) is 8.78 Å². The van der Waals surface area contributed by atoms with Gasteiger partial charge in [0.05, 0.1) is 8.66 Å². The molecule has 0 aliphatic heterocycles. The van der Waals surface area contributed by atoms with E-state index in [1.165, 1.54) is 23.5 Å². The van der Waals surface area contributed by atoms with Crippen molar-refractivity contribution >= 4 is 33.2 Å². The van der Waals surface area contributed by atoms with E-state index in [0.717, 1.165) is 9.35 Å². The maximum Gasteiger partial charge on any atom is 0.387 e. The van der Waals surface area contributed by atoms with Crippen molar-refractivity contribution in [3.63, 3.8) is 0 Å². The highest BCUT2D eigenvalue weighted by Gasteiger charge is 2.14. The normalized spacial score (nSPS) is 10.7. The molecule has 0 aliphatic carbocycles. The van der Waals surface area contributed by atoms with Crippen LogP contribution < -0.4 is 4.74 Å². The van der Waals surface area contributed by atoms with Gasteiger partial charge in [-0.1, -0.05) is 12.1 Å². The molecule has 0 atom stereocenters. The van der Waals surface area contributed by atoms with Gasteiger partial charge in [-0.25, -0.2) is 0 Å². The van der Waals surface area contributed by atoms with Gasteiger partial charge in [0, 0.05) is 13.6 Å². The molecule has 21 heavy (non-hydrogen) atoms. The van der Waals surface area contributed by atoms with Crippen LogP contribution in [0.15, 0.2) is 40.2 Å². The summed E-state index contributed by atoms with van der Waals surface area (Å²) in [6.45, 7) is -2.44. The first-order chi connectivity index (χ1) is 9.95. The van der Waals surface area contributed by atoms with E-state index in [1.807, 2.05) is 6.07 Å². The second kappa shape index (κ2) is 7.00. The first-order valence-corrected chi connectivity index (χ1v) is 7.61. The molecule has 3 nitrogen and oxygen atoms in total. The van der Waals surface area contributed by atoms with Crippen LogP contribution >= 0.6 is 27.3 Å². The summed E-state index contributed by atoms with van der Waals surface area (Å²) >= 11 is 4.68. The molecule has 0 unspecified atom stereocenters. The van der Waals surface area contributed by atoms with Gasteiger partial charge in [-0.15, -0.1) is 11.3 Å². The number of alkyl halides is 2. The zero-order valence-electron chi connectivity index (χ0n) is 11.1. The van der Waals surface area contributed by atoms with Crippen molar-refractivity contribution in [2.24, 2.45) is 0 Å². The van der Waals surface area contributed by atoms with Crippen LogP contribution in [-0.4, -0.2) is 24.5 Å². The Hall–Kier alpha value is -1.47. The Labute approximate surface area is 133 Å². The number of carbonyl (C=O) groups excluding carboxylic acids is 1. The fourth-order valence-corrected chi connectivity index (χ4v) is 3.12. The van der Waals surface area contributed by atoms with Crippen LogP contribution in [0.2, 0.25) is 0 Å². The molecule has 0 spiro atoms. The summed E-state index contributed by atoms with van der Waals surface area (Å²) in [6.07, 6.45) is 0. The molecule has 0 saturated carbocycles. The fourth-order valence-electron chi connectivity index (χ4n) is 1.74. The summed E-state index contributed by atoms with van der Waals surface area (Å²) < 4.78 is 29.3. The minimum atomic E-state index is -2.84. The van der Waals surface area contributed by atoms with E-state index in [-0.39, 0.29) is 11.7 Å². The van der Waals surface area contributed by atoms with Crippen LogP contribution in [0.3, 0.4) is 0 Å². The van der Waals surface area contributed by atoms with Gasteiger partial charge in [0.1, 0.15) is 5.75 Å². The lowest BCUT2D eigenvalue weighted by atomic mass is 10.2. The Morgan fingerprint density at radius 1 is 1.29 bits per heavy atom. The summed E-state index contributed by atoms with van der Waals surface area (Å²) in [5, 5.41) is 0. The van der Waals surface area contributed by atoms with Crippen molar-refractivity contribution < 1.29 is 18.3 Å². The third-order valence-electron chi connectivity index (χ3n) is 2.70. The number of benzene rings is 1. The number of carbonyl (C=O) groups is 1. The minimum Gasteiger partial charge on any atom is -0.435 e. The molecule has 0 bridgehead atoms. The number of nitrogens with zero attached hydrogens (tertiary/aromatic N) is 1. The van der Waals surface area contributed by atoms with Crippen LogP contribution in [0.1, 0.15) is 15.2 Å². The van der Waals surface area contributed by atoms with Crippen LogP contribution in [0.4, 0.5) is 8.78 Å². The number of ether oxygens (including phenoxy) is 1. The van der Waals surface area contributed by atoms with E-state index in [9.17, 15) is 13.6 Å². The molecule has 0 saturated heterocycles. The van der Waals surface area contributed by atoms with E-state index in [0.29, 0.717) is 11.4 Å². The Morgan fingerprint density at radius 3 is 2.48 bits per heavy atom. The monoisotopic (exact) mass is 375 g/mol. The van der Waals surface area contributed by atoms with Crippen molar-refractivity contribution in [3.05, 3.63) is 50.6 Å². The largest absolute Gasteiger partial charge is 0.435 e. The molecule has 1 aromatic carbocycles. The van der Waals surface area contributed by atoms with E-state index < -0.39 is 6.61 Å². The molecule has 0 N–H and O–H groups in total. The van der Waals surface area contributed by atoms with Crippen molar-refractivity contribution in [3.8, 4) is 5.75 Å². The second-order valence-electron chi connectivity index (χ2n) is 4.29. The Kier molecular flexibility index (Phi) is 5.30. The zero-order chi connectivity index (χ0) is 15.4. The standard InChI is InChI=1S/C14H12BrF2NO2S/c1-18(13(19)11-6-7-12(15)21-11)8-9-2-4-10(5-3-9)20-14(16)17/h2-7,14H,8H2,1H3. The highest BCUT2D eigenvalue weighted by Crippen LogP contribution is 2.23. The third-order valence-corrected chi connectivity index (χ3v) is 4.31. The van der Waals surface area contributed by atoms with Gasteiger partial charge in [-0.3, -0.25) is 4.79 Å². The Morgan fingerprint density at radius 2 is 1.95 bits per heavy atom. The van der Waals surface area contributed by atoms with E-state index in [4.69, 9.17) is 0 Å². The zero-order valence-corrected chi connectivity index (χ0v) is 13.5. The third kappa shape index (κ3) is 4.50. The number of hydrogen-bond acceptors (Lipinski definition) is 3. The van der Waals surface area contributed by atoms with Crippen molar-refractivity contribution in [1.29, 1.82) is 0 Å². The van der Waals surface area contributed by atoms with Crippen LogP contribution in [0.5, 0.6) is 5.75 Å². The maximum atomic E-state index is 12.2. The highest BCUT2D eigenvalue weighted by molar-refractivity contribution is 9.11. The van der Waals surface area contributed by atoms with Gasteiger partial charge >= 0.3 is 6.61 Å². The molecule has 2 aromatic rings. The molecule has 112 valence electrons. The number of halogens is 3. The molecule has 0 fully saturated rings. The van der Waals surface area contributed by atoms with E-state index >= 15 is 0 Å². The average molecular weight is 376 g/mol. The molecule has 7 heteroatoms. The highest BCUT2D eigenvalue weighted by atomic mass is 79.9. The Bertz CT molecular complexity index is 616. The summed E-state index contributed by atoms with van der Waals surface area (Å²) in [5.74, 6) is 0.0172. The predicted octanol–water partition coefficient (Wildman–Crippen LogP) is 4.38. The van der Waals surface area contributed by atoms with Gasteiger partial charge in [0.2, 0.25) is 0 Å². The lowest BCUT2D eigenvalue weighted by molar-refractivity contribution is -0.0498. The maximum absolute atomic E-state index is 12.2. The summed E-state index contributed by atoms with van der Waals surface area (Å²) in [4.78, 5) is 14.4. The summed E-state index contributed by atoms with van der Waals surface area (Å²) in [7, 11) is 1.69. The van der Waals surface area contributed by atoms with Crippen molar-refractivity contribution in [2.45, 2.75) is 13.2 Å². The number of amides is 1. The quantitative estimate of drug-likeness (QED) is 0.775. The van der Waals surface area contributed by atoms with Crippen LogP contribution in [0, 0.1) is 0 Å². The molecular formula is C14H12BrF2NO2S. The summed E-state index contributed by atoms with van der Waals surface area (Å²) in [5.41, 5.74) is 0.836. The van der Waals surface area contributed by atoms with Crippen molar-refractivity contribution in [2.75, 3.05) is 7.05 Å². The van der Waals surface area contributed by atoms with Crippen LogP contribution in [0.25, 0.3) is 0 Å². The minimum absolute atomic E-state index is 0.0846. The predicted molar refractivity (Wildman–Crippen MR) is 80.9 cm³/mol. The van der Waals surface area contributed by atoms with Gasteiger partial charge in [-0.05, 0) is 45.8 Å². The molecular weight excluding hydrogens is 364 g/mol. The van der Waals surface area contributed by atoms with Gasteiger partial charge in [0.25, 0.3) is 5.91 Å². The topological polar surface area (TPSA) is 29.5 Å². The van der Waals surface area contributed by atoms with Gasteiger partial charge in [0.15, 0.2) is 0 Å². The lowest BCUT2D eigenvalue weighted by Crippen LogP contribution is -2.25. The number of rotatable bonds is 5. The summed E-state index contributed by atoms with van der Waals surface area (Å²) in [6, 6.07) is 9.82. The Balaban J connectivity index is 1.99. The van der Waals surface area contributed by atoms with Gasteiger partial charge < -0.3 is 9.64 Å². The van der Waals surface area contributed by atoms with Crippen molar-refractivity contribution in [1.82, 2.24) is 4.90 Å². The smallest absolute Gasteiger partial charge is 0.387 e. The molecule has 0 radical (unpaired) electrons. The lowest BCUT2D eigenvalue weighted by Gasteiger charge is -2.16. The van der Waals surface area contributed by atoms with Crippen LogP contribution in [-0.2, 0) is 6.54 Å². The van der Waals surface area contributed by atoms with E-state index in [1.54, 1.807) is 30.1 Å². The van der Waals surface area contributed by atoms with E-state index in [2.05, 4.69) is 20.7 Å². The molecule has 0 aliphatic rings. The fraction of sp³-hybridized carbons (Fsp3) is 0.214. The first kappa shape index (κ1) is 15.9. The second-order valence-corrected chi connectivity index (χ2v) is 6.75.